The number of nitrogens with zero attached hydrogens (tertiary/aromatic N) is 3. The largest absolute Gasteiger partial charge is 0.376 e. The fourth-order valence-corrected chi connectivity index (χ4v) is 4.97. The summed E-state index contributed by atoms with van der Waals surface area (Å²) in [5.41, 5.74) is 2.31. The van der Waals surface area contributed by atoms with Crippen molar-refractivity contribution in [1.82, 2.24) is 10.2 Å². The Morgan fingerprint density at radius 2 is 2.27 bits per heavy atom. The number of para-hydroxylation sites is 1. The van der Waals surface area contributed by atoms with E-state index in [-0.39, 0.29) is 12.0 Å². The molecule has 4 rings (SSSR count). The van der Waals surface area contributed by atoms with E-state index in [0.29, 0.717) is 5.75 Å². The van der Waals surface area contributed by atoms with E-state index in [4.69, 9.17) is 4.74 Å². The lowest BCUT2D eigenvalue weighted by atomic mass is 10.0. The maximum absolute atomic E-state index is 12.7. The van der Waals surface area contributed by atoms with E-state index < -0.39 is 0 Å². The summed E-state index contributed by atoms with van der Waals surface area (Å²) in [5.74, 6) is 0.514. The molecular weight excluding hydrogens is 368 g/mol. The van der Waals surface area contributed by atoms with E-state index in [1.165, 1.54) is 28.7 Å². The zero-order valence-electron chi connectivity index (χ0n) is 14.5. The van der Waals surface area contributed by atoms with Gasteiger partial charge in [0.2, 0.25) is 11.0 Å². The van der Waals surface area contributed by atoms with Crippen LogP contribution in [0.2, 0.25) is 0 Å². The van der Waals surface area contributed by atoms with E-state index >= 15 is 0 Å². The molecule has 0 saturated carbocycles. The maximum atomic E-state index is 12.7. The highest BCUT2D eigenvalue weighted by Crippen LogP contribution is 2.30. The number of nitrogens with one attached hydrogen (secondary N) is 1. The summed E-state index contributed by atoms with van der Waals surface area (Å²) in [6.45, 7) is 2.41. The molecule has 1 aromatic carbocycles. The molecule has 3 heterocycles. The van der Waals surface area contributed by atoms with Crippen molar-refractivity contribution in [2.45, 2.75) is 36.1 Å². The summed E-state index contributed by atoms with van der Waals surface area (Å²) in [5, 5.41) is 12.4. The average Bonchev–Trinajstić information content (AvgIpc) is 3.35. The number of carbonyl (C=O) groups is 1. The molecule has 1 aromatic heterocycles. The van der Waals surface area contributed by atoms with Crippen LogP contribution in [-0.4, -0.2) is 47.7 Å². The van der Waals surface area contributed by atoms with Gasteiger partial charge in [-0.25, -0.2) is 0 Å². The topological polar surface area (TPSA) is 67.3 Å². The Kier molecular flexibility index (Phi) is 5.72. The zero-order valence-corrected chi connectivity index (χ0v) is 16.2. The Bertz CT molecular complexity index is 761. The fourth-order valence-electron chi connectivity index (χ4n) is 3.34. The second kappa shape index (κ2) is 8.37. The molecule has 2 aliphatic rings. The molecule has 1 atom stereocenters. The van der Waals surface area contributed by atoms with E-state index in [1.807, 2.05) is 23.1 Å². The van der Waals surface area contributed by atoms with Crippen molar-refractivity contribution in [3.63, 3.8) is 0 Å². The van der Waals surface area contributed by atoms with Crippen molar-refractivity contribution in [3.8, 4) is 0 Å². The average molecular weight is 391 g/mol. The lowest BCUT2D eigenvalue weighted by molar-refractivity contribution is -0.116. The minimum atomic E-state index is 0.131. The first kappa shape index (κ1) is 17.8. The molecule has 2 aliphatic heterocycles. The zero-order chi connectivity index (χ0) is 17.8. The number of hydrogen-bond donors (Lipinski definition) is 1. The predicted octanol–water partition coefficient (Wildman–Crippen LogP) is 3.20. The van der Waals surface area contributed by atoms with E-state index in [9.17, 15) is 4.79 Å². The van der Waals surface area contributed by atoms with Gasteiger partial charge in [-0.05, 0) is 37.3 Å². The molecule has 26 heavy (non-hydrogen) atoms. The summed E-state index contributed by atoms with van der Waals surface area (Å²) >= 11 is 2.95. The molecule has 138 valence electrons. The Hall–Kier alpha value is -1.64. The van der Waals surface area contributed by atoms with Crippen molar-refractivity contribution in [2.75, 3.05) is 35.7 Å². The van der Waals surface area contributed by atoms with Gasteiger partial charge < -0.3 is 15.0 Å². The van der Waals surface area contributed by atoms with E-state index in [0.717, 1.165) is 60.5 Å². The Morgan fingerprint density at radius 1 is 1.35 bits per heavy atom. The van der Waals surface area contributed by atoms with Crippen molar-refractivity contribution < 1.29 is 9.53 Å². The van der Waals surface area contributed by atoms with Gasteiger partial charge in [0.25, 0.3) is 0 Å². The normalized spacial score (nSPS) is 19.4. The lowest BCUT2D eigenvalue weighted by Gasteiger charge is -2.29. The first-order valence-electron chi connectivity index (χ1n) is 8.99. The summed E-state index contributed by atoms with van der Waals surface area (Å²) in [6.07, 6.45) is 4.56. The van der Waals surface area contributed by atoms with Gasteiger partial charge in [-0.15, -0.1) is 10.2 Å². The van der Waals surface area contributed by atoms with Crippen molar-refractivity contribution >= 4 is 39.8 Å². The molecule has 1 fully saturated rings. The van der Waals surface area contributed by atoms with E-state index in [2.05, 4.69) is 21.6 Å². The highest BCUT2D eigenvalue weighted by atomic mass is 32.2. The molecule has 8 heteroatoms. The third-order valence-corrected chi connectivity index (χ3v) is 6.64. The third kappa shape index (κ3) is 4.19. The molecule has 0 aliphatic carbocycles. The summed E-state index contributed by atoms with van der Waals surface area (Å²) in [7, 11) is 0. The smallest absolute Gasteiger partial charge is 0.237 e. The van der Waals surface area contributed by atoms with Crippen LogP contribution in [0.1, 0.15) is 24.8 Å². The number of thioether (sulfide) groups is 1. The van der Waals surface area contributed by atoms with Crippen LogP contribution in [0.3, 0.4) is 0 Å². The van der Waals surface area contributed by atoms with Gasteiger partial charge in [0.1, 0.15) is 0 Å². The molecule has 1 N–H and O–H groups in total. The number of rotatable bonds is 6. The minimum absolute atomic E-state index is 0.131. The second-order valence-corrected chi connectivity index (χ2v) is 8.66. The van der Waals surface area contributed by atoms with Crippen LogP contribution in [0.15, 0.2) is 28.6 Å². The summed E-state index contributed by atoms with van der Waals surface area (Å²) < 4.78 is 6.41. The second-order valence-electron chi connectivity index (χ2n) is 6.46. The molecule has 6 nitrogen and oxygen atoms in total. The minimum Gasteiger partial charge on any atom is -0.376 e. The van der Waals surface area contributed by atoms with Gasteiger partial charge in [0.15, 0.2) is 4.34 Å². The lowest BCUT2D eigenvalue weighted by Crippen LogP contribution is -2.36. The van der Waals surface area contributed by atoms with Crippen LogP contribution in [0.5, 0.6) is 0 Å². The van der Waals surface area contributed by atoms with Crippen LogP contribution in [-0.2, 0) is 16.0 Å². The Balaban J connectivity index is 1.30. The Morgan fingerprint density at radius 3 is 3.15 bits per heavy atom. The molecule has 1 amide bonds. The van der Waals surface area contributed by atoms with Crippen LogP contribution < -0.4 is 10.2 Å². The highest BCUT2D eigenvalue weighted by molar-refractivity contribution is 8.01. The van der Waals surface area contributed by atoms with Gasteiger partial charge in [-0.3, -0.25) is 4.79 Å². The first-order chi connectivity index (χ1) is 12.8. The van der Waals surface area contributed by atoms with E-state index in [1.54, 1.807) is 0 Å². The number of anilines is 2. The van der Waals surface area contributed by atoms with Crippen LogP contribution >= 0.6 is 23.1 Å². The molecule has 0 radical (unpaired) electrons. The van der Waals surface area contributed by atoms with Crippen molar-refractivity contribution in [1.29, 1.82) is 0 Å². The number of amides is 1. The number of hydrogen-bond acceptors (Lipinski definition) is 7. The van der Waals surface area contributed by atoms with Gasteiger partial charge in [0.05, 0.1) is 11.9 Å². The quantitative estimate of drug-likeness (QED) is 0.764. The van der Waals surface area contributed by atoms with Gasteiger partial charge in [-0.2, -0.15) is 0 Å². The van der Waals surface area contributed by atoms with Gasteiger partial charge >= 0.3 is 0 Å². The predicted molar refractivity (Wildman–Crippen MR) is 105 cm³/mol. The molecule has 0 unspecified atom stereocenters. The first-order valence-corrected chi connectivity index (χ1v) is 10.8. The highest BCUT2D eigenvalue weighted by Gasteiger charge is 2.22. The van der Waals surface area contributed by atoms with Crippen molar-refractivity contribution in [3.05, 3.63) is 29.8 Å². The number of aryl methyl sites for hydroxylation is 1. The van der Waals surface area contributed by atoms with Crippen LogP contribution in [0.25, 0.3) is 0 Å². The summed E-state index contributed by atoms with van der Waals surface area (Å²) in [6, 6.07) is 8.18. The monoisotopic (exact) mass is 390 g/mol. The third-order valence-electron chi connectivity index (χ3n) is 4.64. The number of fused-ring (bicyclic) bond motifs is 1. The summed E-state index contributed by atoms with van der Waals surface area (Å²) in [4.78, 5) is 14.6. The van der Waals surface area contributed by atoms with Crippen LogP contribution in [0, 0.1) is 0 Å². The molecule has 2 aromatic rings. The number of carbonyl (C=O) groups excluding carboxylic acids is 1. The standard InChI is InChI=1S/C18H22N4O2S2/c23-16(22-9-3-6-13-5-1-2-8-15(13)22)12-25-18-21-20-17(26-18)19-11-14-7-4-10-24-14/h1-2,5,8,14H,3-4,6-7,9-12H2,(H,19,20)/t14-/m1/s1. The molecule has 0 bridgehead atoms. The number of benzene rings is 1. The molecular formula is C18H22N4O2S2. The van der Waals surface area contributed by atoms with Gasteiger partial charge in [0, 0.05) is 25.4 Å². The molecule has 1 saturated heterocycles. The SMILES string of the molecule is O=C(CSc1nnc(NC[C@H]2CCCO2)s1)N1CCCc2ccccc21. The van der Waals surface area contributed by atoms with Gasteiger partial charge in [-0.1, -0.05) is 41.3 Å². The van der Waals surface area contributed by atoms with Crippen LogP contribution in [0.4, 0.5) is 10.8 Å². The molecule has 0 spiro atoms. The number of ether oxygens (including phenoxy) is 1. The van der Waals surface area contributed by atoms with Crippen molar-refractivity contribution in [2.24, 2.45) is 0 Å². The fraction of sp³-hybridized carbons (Fsp3) is 0.500. The maximum Gasteiger partial charge on any atom is 0.237 e. The Labute approximate surface area is 161 Å². The number of aromatic nitrogens is 2.